The quantitative estimate of drug-likeness (QED) is 0.813. The molecule has 0 aromatic carbocycles. The van der Waals surface area contributed by atoms with Crippen molar-refractivity contribution in [3.8, 4) is 0 Å². The molecule has 0 radical (unpaired) electrons. The minimum Gasteiger partial charge on any atom is -0.468 e. The first-order valence-corrected chi connectivity index (χ1v) is 7.99. The van der Waals surface area contributed by atoms with E-state index in [0.29, 0.717) is 5.69 Å². The van der Waals surface area contributed by atoms with E-state index in [0.717, 1.165) is 25.7 Å². The average molecular weight is 301 g/mol. The lowest BCUT2D eigenvalue weighted by Crippen LogP contribution is -2.42. The summed E-state index contributed by atoms with van der Waals surface area (Å²) in [6.07, 6.45) is 4.77. The standard InChI is InChI=1S/C12H19N3O4S/c1-9-11(7-13-14-9)20(17,18)15(8-12(16)19-2)10-5-3-4-6-10/h7,10H,3-6,8H2,1-2H3,(H,13,14). The highest BCUT2D eigenvalue weighted by atomic mass is 32.2. The molecule has 0 amide bonds. The smallest absolute Gasteiger partial charge is 0.321 e. The molecule has 0 unspecified atom stereocenters. The molecule has 20 heavy (non-hydrogen) atoms. The summed E-state index contributed by atoms with van der Waals surface area (Å²) in [5.41, 5.74) is 0.470. The van der Waals surface area contributed by atoms with Crippen LogP contribution in [0.25, 0.3) is 0 Å². The molecule has 1 aliphatic carbocycles. The van der Waals surface area contributed by atoms with E-state index in [1.807, 2.05) is 0 Å². The molecular weight excluding hydrogens is 282 g/mol. The van der Waals surface area contributed by atoms with E-state index in [1.165, 1.54) is 17.6 Å². The lowest BCUT2D eigenvalue weighted by atomic mass is 10.2. The van der Waals surface area contributed by atoms with Crippen LogP contribution >= 0.6 is 0 Å². The molecule has 2 rings (SSSR count). The fraction of sp³-hybridized carbons (Fsp3) is 0.667. The van der Waals surface area contributed by atoms with Gasteiger partial charge in [0.05, 0.1) is 19.0 Å². The van der Waals surface area contributed by atoms with E-state index in [2.05, 4.69) is 14.9 Å². The lowest BCUT2D eigenvalue weighted by Gasteiger charge is -2.26. The first-order chi connectivity index (χ1) is 9.46. The number of esters is 1. The highest BCUT2D eigenvalue weighted by molar-refractivity contribution is 7.89. The number of ether oxygens (including phenoxy) is 1. The van der Waals surface area contributed by atoms with Crippen molar-refractivity contribution in [2.75, 3.05) is 13.7 Å². The molecule has 8 heteroatoms. The van der Waals surface area contributed by atoms with Crippen LogP contribution in [-0.2, 0) is 19.6 Å². The number of methoxy groups -OCH3 is 1. The Labute approximate surface area is 118 Å². The van der Waals surface area contributed by atoms with Gasteiger partial charge in [-0.15, -0.1) is 0 Å². The number of nitrogens with zero attached hydrogens (tertiary/aromatic N) is 2. The molecule has 1 aliphatic rings. The van der Waals surface area contributed by atoms with Crippen LogP contribution in [0, 0.1) is 6.92 Å². The number of nitrogens with one attached hydrogen (secondary N) is 1. The maximum atomic E-state index is 12.7. The first-order valence-electron chi connectivity index (χ1n) is 6.55. The van der Waals surface area contributed by atoms with E-state index in [-0.39, 0.29) is 17.5 Å². The normalized spacial score (nSPS) is 16.8. The van der Waals surface area contributed by atoms with Gasteiger partial charge in [0.15, 0.2) is 0 Å². The zero-order chi connectivity index (χ0) is 14.8. The van der Waals surface area contributed by atoms with E-state index in [1.54, 1.807) is 6.92 Å². The summed E-state index contributed by atoms with van der Waals surface area (Å²) in [5.74, 6) is -0.554. The Morgan fingerprint density at radius 1 is 1.50 bits per heavy atom. The number of carbonyl (C=O) groups excluding carboxylic acids is 1. The Morgan fingerprint density at radius 2 is 2.15 bits per heavy atom. The van der Waals surface area contributed by atoms with Gasteiger partial charge in [0.1, 0.15) is 11.4 Å². The van der Waals surface area contributed by atoms with Crippen LogP contribution in [0.3, 0.4) is 0 Å². The van der Waals surface area contributed by atoms with Crippen LogP contribution in [0.2, 0.25) is 0 Å². The van der Waals surface area contributed by atoms with Crippen molar-refractivity contribution < 1.29 is 17.9 Å². The van der Waals surface area contributed by atoms with Gasteiger partial charge in [-0.25, -0.2) is 8.42 Å². The summed E-state index contributed by atoms with van der Waals surface area (Å²) < 4.78 is 31.3. The van der Waals surface area contributed by atoms with E-state index >= 15 is 0 Å². The molecule has 112 valence electrons. The maximum absolute atomic E-state index is 12.7. The SMILES string of the molecule is COC(=O)CN(C1CCCC1)S(=O)(=O)c1cn[nH]c1C. The second-order valence-electron chi connectivity index (χ2n) is 4.92. The predicted molar refractivity (Wildman–Crippen MR) is 71.5 cm³/mol. The predicted octanol–water partition coefficient (Wildman–Crippen LogP) is 0.824. The van der Waals surface area contributed by atoms with Crippen molar-refractivity contribution in [2.45, 2.75) is 43.5 Å². The molecule has 1 aromatic heterocycles. The third-order valence-corrected chi connectivity index (χ3v) is 5.63. The summed E-state index contributed by atoms with van der Waals surface area (Å²) in [6, 6.07) is -0.145. The fourth-order valence-electron chi connectivity index (χ4n) is 2.52. The summed E-state index contributed by atoms with van der Waals surface area (Å²) in [4.78, 5) is 11.6. The molecule has 1 heterocycles. The van der Waals surface area contributed by atoms with E-state index < -0.39 is 16.0 Å². The second kappa shape index (κ2) is 5.92. The number of H-pyrrole nitrogens is 1. The van der Waals surface area contributed by atoms with Crippen LogP contribution in [0.4, 0.5) is 0 Å². The molecule has 0 aliphatic heterocycles. The van der Waals surface area contributed by atoms with Gasteiger partial charge in [-0.3, -0.25) is 9.89 Å². The molecule has 1 saturated carbocycles. The van der Waals surface area contributed by atoms with Gasteiger partial charge in [0.25, 0.3) is 0 Å². The van der Waals surface area contributed by atoms with Gasteiger partial charge in [-0.2, -0.15) is 9.40 Å². The van der Waals surface area contributed by atoms with E-state index in [9.17, 15) is 13.2 Å². The topological polar surface area (TPSA) is 92.4 Å². The number of hydrogen-bond acceptors (Lipinski definition) is 5. The van der Waals surface area contributed by atoms with Crippen molar-refractivity contribution in [2.24, 2.45) is 0 Å². The van der Waals surface area contributed by atoms with Crippen molar-refractivity contribution in [3.05, 3.63) is 11.9 Å². The van der Waals surface area contributed by atoms with E-state index in [4.69, 9.17) is 0 Å². The summed E-state index contributed by atoms with van der Waals surface area (Å²) >= 11 is 0. The third kappa shape index (κ3) is 2.85. The second-order valence-corrected chi connectivity index (χ2v) is 6.78. The number of aromatic amines is 1. The lowest BCUT2D eigenvalue weighted by molar-refractivity contribution is -0.141. The van der Waals surface area contributed by atoms with Crippen molar-refractivity contribution in [1.82, 2.24) is 14.5 Å². The number of carbonyl (C=O) groups is 1. The van der Waals surface area contributed by atoms with Gasteiger partial charge in [-0.1, -0.05) is 12.8 Å². The van der Waals surface area contributed by atoms with Crippen LogP contribution < -0.4 is 0 Å². The Hall–Kier alpha value is -1.41. The van der Waals surface area contributed by atoms with Crippen molar-refractivity contribution in [1.29, 1.82) is 0 Å². The van der Waals surface area contributed by atoms with Gasteiger partial charge in [0, 0.05) is 6.04 Å². The van der Waals surface area contributed by atoms with Gasteiger partial charge in [-0.05, 0) is 19.8 Å². The molecule has 0 saturated heterocycles. The maximum Gasteiger partial charge on any atom is 0.321 e. The van der Waals surface area contributed by atoms with Crippen molar-refractivity contribution in [3.63, 3.8) is 0 Å². The zero-order valence-electron chi connectivity index (χ0n) is 11.6. The highest BCUT2D eigenvalue weighted by Crippen LogP contribution is 2.29. The molecule has 1 aromatic rings. The van der Waals surface area contributed by atoms with Crippen LogP contribution in [0.1, 0.15) is 31.4 Å². The largest absolute Gasteiger partial charge is 0.468 e. The number of sulfonamides is 1. The summed E-state index contributed by atoms with van der Waals surface area (Å²) in [6.45, 7) is 1.39. The average Bonchev–Trinajstić information content (AvgIpc) is 3.06. The first kappa shape index (κ1) is 15.0. The van der Waals surface area contributed by atoms with Crippen LogP contribution in [0.15, 0.2) is 11.1 Å². The number of rotatable bonds is 5. The molecule has 1 N–H and O–H groups in total. The molecule has 0 bridgehead atoms. The molecular formula is C12H19N3O4S. The van der Waals surface area contributed by atoms with Crippen LogP contribution in [0.5, 0.6) is 0 Å². The Morgan fingerprint density at radius 3 is 2.65 bits per heavy atom. The van der Waals surface area contributed by atoms with Gasteiger partial charge < -0.3 is 4.74 Å². The third-order valence-electron chi connectivity index (χ3n) is 3.61. The Bertz CT molecular complexity index is 575. The molecule has 7 nitrogen and oxygen atoms in total. The monoisotopic (exact) mass is 301 g/mol. The highest BCUT2D eigenvalue weighted by Gasteiger charge is 2.36. The van der Waals surface area contributed by atoms with Gasteiger partial charge in [0.2, 0.25) is 10.0 Å². The zero-order valence-corrected chi connectivity index (χ0v) is 12.4. The molecule has 0 atom stereocenters. The minimum atomic E-state index is -3.74. The summed E-state index contributed by atoms with van der Waals surface area (Å²) in [5, 5.41) is 6.36. The Kier molecular flexibility index (Phi) is 4.44. The number of hydrogen-bond donors (Lipinski definition) is 1. The summed E-state index contributed by atoms with van der Waals surface area (Å²) in [7, 11) is -2.48. The van der Waals surface area contributed by atoms with Gasteiger partial charge >= 0.3 is 5.97 Å². The van der Waals surface area contributed by atoms with Crippen LogP contribution in [-0.4, -0.2) is 48.6 Å². The number of aromatic nitrogens is 2. The minimum absolute atomic E-state index is 0.119. The molecule has 0 spiro atoms. The fourth-order valence-corrected chi connectivity index (χ4v) is 4.27. The number of aryl methyl sites for hydroxylation is 1. The van der Waals surface area contributed by atoms with Crippen molar-refractivity contribution >= 4 is 16.0 Å². The molecule has 1 fully saturated rings. The Balaban J connectivity index is 2.34.